The lowest BCUT2D eigenvalue weighted by atomic mass is 10.2. The minimum absolute atomic E-state index is 0.292. The SMILES string of the molecule is CCOC(=O)c1nc(C)n2c(C)c(C)c(C)nc12. The van der Waals surface area contributed by atoms with E-state index in [2.05, 4.69) is 9.97 Å². The van der Waals surface area contributed by atoms with Crippen molar-refractivity contribution >= 4 is 11.6 Å². The third kappa shape index (κ3) is 1.75. The summed E-state index contributed by atoms with van der Waals surface area (Å²) < 4.78 is 6.90. The lowest BCUT2D eigenvalue weighted by Gasteiger charge is -2.08. The van der Waals surface area contributed by atoms with Crippen molar-refractivity contribution in [2.75, 3.05) is 6.61 Å². The Bertz CT molecular complexity index is 629. The highest BCUT2D eigenvalue weighted by atomic mass is 16.5. The molecule has 2 rings (SSSR count). The minimum atomic E-state index is -0.418. The van der Waals surface area contributed by atoms with E-state index < -0.39 is 5.97 Å². The Morgan fingerprint density at radius 1 is 1.22 bits per heavy atom. The number of ether oxygens (including phenoxy) is 1. The van der Waals surface area contributed by atoms with Gasteiger partial charge < -0.3 is 4.74 Å². The van der Waals surface area contributed by atoms with Crippen molar-refractivity contribution < 1.29 is 9.53 Å². The highest BCUT2D eigenvalue weighted by molar-refractivity contribution is 5.94. The van der Waals surface area contributed by atoms with Crippen LogP contribution in [0.1, 0.15) is 40.2 Å². The number of rotatable bonds is 2. The smallest absolute Gasteiger partial charge is 0.360 e. The van der Waals surface area contributed by atoms with Gasteiger partial charge in [0.2, 0.25) is 0 Å². The van der Waals surface area contributed by atoms with Crippen molar-refractivity contribution in [3.05, 3.63) is 28.5 Å². The fraction of sp³-hybridized carbons (Fsp3) is 0.462. The van der Waals surface area contributed by atoms with E-state index in [1.54, 1.807) is 6.92 Å². The molecular weight excluding hydrogens is 230 g/mol. The van der Waals surface area contributed by atoms with E-state index in [4.69, 9.17) is 4.74 Å². The molecule has 5 nitrogen and oxygen atoms in total. The molecule has 0 unspecified atom stereocenters. The second-order valence-corrected chi connectivity index (χ2v) is 4.29. The normalized spacial score (nSPS) is 10.9. The van der Waals surface area contributed by atoms with Crippen LogP contribution in [-0.4, -0.2) is 26.9 Å². The van der Waals surface area contributed by atoms with Crippen LogP contribution in [0.15, 0.2) is 0 Å². The summed E-state index contributed by atoms with van der Waals surface area (Å²) in [7, 11) is 0. The molecule has 5 heteroatoms. The van der Waals surface area contributed by atoms with Gasteiger partial charge in [-0.2, -0.15) is 0 Å². The molecule has 2 aromatic heterocycles. The largest absolute Gasteiger partial charge is 0.461 e. The topological polar surface area (TPSA) is 56.5 Å². The lowest BCUT2D eigenvalue weighted by molar-refractivity contribution is 0.0522. The molecular formula is C13H17N3O2. The maximum absolute atomic E-state index is 11.8. The quantitative estimate of drug-likeness (QED) is 0.763. The van der Waals surface area contributed by atoms with Crippen LogP contribution in [0.3, 0.4) is 0 Å². The Morgan fingerprint density at radius 2 is 1.89 bits per heavy atom. The van der Waals surface area contributed by atoms with Gasteiger partial charge in [-0.3, -0.25) is 4.40 Å². The van der Waals surface area contributed by atoms with E-state index in [1.165, 1.54) is 0 Å². The average Bonchev–Trinajstić information content (AvgIpc) is 2.64. The van der Waals surface area contributed by atoms with Gasteiger partial charge in [-0.1, -0.05) is 0 Å². The summed E-state index contributed by atoms with van der Waals surface area (Å²) in [4.78, 5) is 20.6. The summed E-state index contributed by atoms with van der Waals surface area (Å²) in [5.74, 6) is 0.333. The molecule has 0 saturated carbocycles. The maximum atomic E-state index is 11.8. The summed E-state index contributed by atoms with van der Waals surface area (Å²) >= 11 is 0. The molecule has 18 heavy (non-hydrogen) atoms. The van der Waals surface area contributed by atoms with Crippen LogP contribution >= 0.6 is 0 Å². The van der Waals surface area contributed by atoms with Crippen molar-refractivity contribution in [3.8, 4) is 0 Å². The third-order valence-electron chi connectivity index (χ3n) is 3.18. The Morgan fingerprint density at radius 3 is 2.50 bits per heavy atom. The molecule has 0 radical (unpaired) electrons. The zero-order chi connectivity index (χ0) is 13.4. The van der Waals surface area contributed by atoms with E-state index in [-0.39, 0.29) is 0 Å². The molecule has 0 aliphatic rings. The second kappa shape index (κ2) is 4.40. The van der Waals surface area contributed by atoms with Crippen LogP contribution in [-0.2, 0) is 4.74 Å². The number of nitrogens with zero attached hydrogens (tertiary/aromatic N) is 3. The Balaban J connectivity index is 2.75. The number of imidazole rings is 1. The number of hydrogen-bond acceptors (Lipinski definition) is 4. The molecule has 0 amide bonds. The van der Waals surface area contributed by atoms with E-state index >= 15 is 0 Å². The van der Waals surface area contributed by atoms with Crippen molar-refractivity contribution in [3.63, 3.8) is 0 Å². The molecule has 96 valence electrons. The number of esters is 1. The van der Waals surface area contributed by atoms with Crippen LogP contribution in [0.4, 0.5) is 0 Å². The number of hydrogen-bond donors (Lipinski definition) is 0. The van der Waals surface area contributed by atoms with Gasteiger partial charge in [-0.05, 0) is 40.2 Å². The monoisotopic (exact) mass is 247 g/mol. The van der Waals surface area contributed by atoms with E-state index in [0.717, 1.165) is 22.8 Å². The molecule has 0 bridgehead atoms. The minimum Gasteiger partial charge on any atom is -0.461 e. The van der Waals surface area contributed by atoms with Crippen LogP contribution in [0.2, 0.25) is 0 Å². The predicted molar refractivity (Wildman–Crippen MR) is 67.9 cm³/mol. The first-order chi connectivity index (χ1) is 8.47. The fourth-order valence-electron chi connectivity index (χ4n) is 2.03. The Labute approximate surface area is 106 Å². The van der Waals surface area contributed by atoms with Crippen molar-refractivity contribution in [1.29, 1.82) is 0 Å². The molecule has 0 fully saturated rings. The fourth-order valence-corrected chi connectivity index (χ4v) is 2.03. The zero-order valence-corrected chi connectivity index (χ0v) is 11.4. The van der Waals surface area contributed by atoms with Gasteiger partial charge in [-0.15, -0.1) is 0 Å². The summed E-state index contributed by atoms with van der Waals surface area (Å²) in [6.07, 6.45) is 0. The van der Waals surface area contributed by atoms with Crippen LogP contribution in [0.5, 0.6) is 0 Å². The number of carbonyl (C=O) groups is 1. The summed E-state index contributed by atoms with van der Waals surface area (Å²) in [6.45, 7) is 9.91. The van der Waals surface area contributed by atoms with Crippen LogP contribution in [0, 0.1) is 27.7 Å². The molecule has 2 aromatic rings. The van der Waals surface area contributed by atoms with Gasteiger partial charge in [0.15, 0.2) is 11.3 Å². The van der Waals surface area contributed by atoms with Gasteiger partial charge >= 0.3 is 5.97 Å². The van der Waals surface area contributed by atoms with Crippen molar-refractivity contribution in [1.82, 2.24) is 14.4 Å². The maximum Gasteiger partial charge on any atom is 0.360 e. The first-order valence-electron chi connectivity index (χ1n) is 5.97. The number of fused-ring (bicyclic) bond motifs is 1. The number of aromatic nitrogens is 3. The first-order valence-corrected chi connectivity index (χ1v) is 5.97. The van der Waals surface area contributed by atoms with E-state index in [9.17, 15) is 4.79 Å². The first kappa shape index (κ1) is 12.5. The molecule has 0 N–H and O–H groups in total. The summed E-state index contributed by atoms with van der Waals surface area (Å²) in [6, 6.07) is 0. The molecule has 2 heterocycles. The van der Waals surface area contributed by atoms with Gasteiger partial charge in [0.05, 0.1) is 6.61 Å². The summed E-state index contributed by atoms with van der Waals surface area (Å²) in [5.41, 5.74) is 3.94. The highest BCUT2D eigenvalue weighted by Crippen LogP contribution is 2.19. The Hall–Kier alpha value is -1.91. The standard InChI is InChI=1S/C13H17N3O2/c1-6-18-13(17)11-12-14-8(3)7(2)9(4)16(12)10(5)15-11/h6H2,1-5H3. The number of aryl methyl sites for hydroxylation is 3. The van der Waals surface area contributed by atoms with Crippen molar-refractivity contribution in [2.45, 2.75) is 34.6 Å². The van der Waals surface area contributed by atoms with Gasteiger partial charge in [-0.25, -0.2) is 14.8 Å². The zero-order valence-electron chi connectivity index (χ0n) is 11.4. The molecule has 0 saturated heterocycles. The highest BCUT2D eigenvalue weighted by Gasteiger charge is 2.20. The average molecular weight is 247 g/mol. The molecule has 0 spiro atoms. The van der Waals surface area contributed by atoms with Gasteiger partial charge in [0.1, 0.15) is 5.82 Å². The van der Waals surface area contributed by atoms with E-state index in [0.29, 0.717) is 17.9 Å². The van der Waals surface area contributed by atoms with Gasteiger partial charge in [0.25, 0.3) is 0 Å². The molecule has 0 aliphatic carbocycles. The number of carbonyl (C=O) groups excluding carboxylic acids is 1. The molecule has 0 atom stereocenters. The van der Waals surface area contributed by atoms with Crippen LogP contribution in [0.25, 0.3) is 5.65 Å². The molecule has 0 aliphatic heterocycles. The third-order valence-corrected chi connectivity index (χ3v) is 3.18. The summed E-state index contributed by atoms with van der Waals surface area (Å²) in [5, 5.41) is 0. The van der Waals surface area contributed by atoms with E-state index in [1.807, 2.05) is 32.1 Å². The lowest BCUT2D eigenvalue weighted by Crippen LogP contribution is -2.08. The predicted octanol–water partition coefficient (Wildman–Crippen LogP) is 2.14. The molecule has 0 aromatic carbocycles. The second-order valence-electron chi connectivity index (χ2n) is 4.29. The van der Waals surface area contributed by atoms with Gasteiger partial charge in [0, 0.05) is 11.4 Å². The Kier molecular flexibility index (Phi) is 3.07. The van der Waals surface area contributed by atoms with Crippen LogP contribution < -0.4 is 0 Å². The van der Waals surface area contributed by atoms with Crippen molar-refractivity contribution in [2.24, 2.45) is 0 Å².